The zero-order chi connectivity index (χ0) is 14.5. The van der Waals surface area contributed by atoms with E-state index in [2.05, 4.69) is 5.16 Å². The lowest BCUT2D eigenvalue weighted by molar-refractivity contribution is 0.303. The van der Waals surface area contributed by atoms with Crippen LogP contribution in [0.1, 0.15) is 18.1 Å². The number of oxime groups is 1. The van der Waals surface area contributed by atoms with Crippen molar-refractivity contribution in [1.82, 2.24) is 0 Å². The van der Waals surface area contributed by atoms with Crippen LogP contribution < -0.4 is 4.74 Å². The van der Waals surface area contributed by atoms with Crippen LogP contribution in [0.5, 0.6) is 5.75 Å². The molecule has 2 aromatic rings. The zero-order valence-electron chi connectivity index (χ0n) is 10.8. The van der Waals surface area contributed by atoms with E-state index in [9.17, 15) is 0 Å². The number of nitrogens with zero attached hydrogens (tertiary/aromatic N) is 1. The van der Waals surface area contributed by atoms with E-state index in [-0.39, 0.29) is 6.61 Å². The molecule has 0 aromatic heterocycles. The highest BCUT2D eigenvalue weighted by molar-refractivity contribution is 6.33. The SMILES string of the molecule is CC(=NO)c1ccccc1OCc1cc(Cl)ccc1Cl. The molecule has 0 aliphatic heterocycles. The first-order valence-corrected chi connectivity index (χ1v) is 6.72. The van der Waals surface area contributed by atoms with Gasteiger partial charge in [-0.15, -0.1) is 0 Å². The third-order valence-corrected chi connectivity index (χ3v) is 3.42. The molecular weight excluding hydrogens is 297 g/mol. The van der Waals surface area contributed by atoms with Crippen LogP contribution in [0.2, 0.25) is 10.0 Å². The van der Waals surface area contributed by atoms with Crippen molar-refractivity contribution in [1.29, 1.82) is 0 Å². The summed E-state index contributed by atoms with van der Waals surface area (Å²) in [6, 6.07) is 12.6. The van der Waals surface area contributed by atoms with Gasteiger partial charge in [-0.2, -0.15) is 0 Å². The summed E-state index contributed by atoms with van der Waals surface area (Å²) in [4.78, 5) is 0. The smallest absolute Gasteiger partial charge is 0.128 e. The molecule has 0 aliphatic carbocycles. The van der Waals surface area contributed by atoms with Gasteiger partial charge in [0.2, 0.25) is 0 Å². The minimum atomic E-state index is 0.287. The van der Waals surface area contributed by atoms with Crippen LogP contribution >= 0.6 is 23.2 Å². The van der Waals surface area contributed by atoms with E-state index in [0.717, 1.165) is 11.1 Å². The van der Waals surface area contributed by atoms with Gasteiger partial charge in [0.1, 0.15) is 12.4 Å². The maximum Gasteiger partial charge on any atom is 0.128 e. The van der Waals surface area contributed by atoms with Gasteiger partial charge in [0.15, 0.2) is 0 Å². The average Bonchev–Trinajstić information content (AvgIpc) is 2.47. The summed E-state index contributed by atoms with van der Waals surface area (Å²) in [5, 5.41) is 13.3. The normalized spacial score (nSPS) is 11.4. The Kier molecular flexibility index (Phi) is 4.88. The quantitative estimate of drug-likeness (QED) is 0.502. The number of hydrogen-bond acceptors (Lipinski definition) is 3. The van der Waals surface area contributed by atoms with Crippen molar-refractivity contribution in [2.45, 2.75) is 13.5 Å². The van der Waals surface area contributed by atoms with Crippen LogP contribution in [-0.2, 0) is 6.61 Å². The van der Waals surface area contributed by atoms with Gasteiger partial charge in [-0.3, -0.25) is 0 Å². The molecule has 5 heteroatoms. The maximum absolute atomic E-state index is 8.87. The van der Waals surface area contributed by atoms with Crippen molar-refractivity contribution in [3.05, 3.63) is 63.6 Å². The van der Waals surface area contributed by atoms with Crippen LogP contribution in [0.25, 0.3) is 0 Å². The second kappa shape index (κ2) is 6.64. The second-order valence-electron chi connectivity index (χ2n) is 4.21. The fourth-order valence-electron chi connectivity index (χ4n) is 1.75. The molecule has 0 bridgehead atoms. The predicted molar refractivity (Wildman–Crippen MR) is 81.2 cm³/mol. The number of rotatable bonds is 4. The van der Waals surface area contributed by atoms with E-state index in [1.807, 2.05) is 24.3 Å². The van der Waals surface area contributed by atoms with Crippen LogP contribution in [0.4, 0.5) is 0 Å². The van der Waals surface area contributed by atoms with E-state index in [1.54, 1.807) is 25.1 Å². The summed E-state index contributed by atoms with van der Waals surface area (Å²) in [5.74, 6) is 0.624. The third-order valence-electron chi connectivity index (χ3n) is 2.82. The van der Waals surface area contributed by atoms with E-state index in [0.29, 0.717) is 21.5 Å². The molecule has 3 nitrogen and oxygen atoms in total. The van der Waals surface area contributed by atoms with Gasteiger partial charge < -0.3 is 9.94 Å². The summed E-state index contributed by atoms with van der Waals surface area (Å²) >= 11 is 12.0. The van der Waals surface area contributed by atoms with Crippen molar-refractivity contribution in [3.63, 3.8) is 0 Å². The van der Waals surface area contributed by atoms with Crippen LogP contribution in [0, 0.1) is 0 Å². The van der Waals surface area contributed by atoms with E-state index >= 15 is 0 Å². The first kappa shape index (κ1) is 14.7. The van der Waals surface area contributed by atoms with E-state index in [4.69, 9.17) is 33.1 Å². The van der Waals surface area contributed by atoms with Crippen molar-refractivity contribution < 1.29 is 9.94 Å². The van der Waals surface area contributed by atoms with Crippen molar-refractivity contribution in [2.75, 3.05) is 0 Å². The molecule has 2 rings (SSSR count). The Hall–Kier alpha value is -1.71. The average molecular weight is 310 g/mol. The molecule has 0 saturated carbocycles. The fraction of sp³-hybridized carbons (Fsp3) is 0.133. The van der Waals surface area contributed by atoms with Gasteiger partial charge in [0, 0.05) is 21.2 Å². The van der Waals surface area contributed by atoms with Gasteiger partial charge in [0.05, 0.1) is 5.71 Å². The molecule has 0 aliphatic rings. The molecule has 0 spiro atoms. The molecule has 0 unspecified atom stereocenters. The summed E-state index contributed by atoms with van der Waals surface area (Å²) in [5.41, 5.74) is 2.01. The molecule has 20 heavy (non-hydrogen) atoms. The highest BCUT2D eigenvalue weighted by atomic mass is 35.5. The summed E-state index contributed by atoms with van der Waals surface area (Å²) in [6.45, 7) is 1.99. The Morgan fingerprint density at radius 2 is 1.95 bits per heavy atom. The number of hydrogen-bond donors (Lipinski definition) is 1. The van der Waals surface area contributed by atoms with Crippen molar-refractivity contribution in [3.8, 4) is 5.75 Å². The lowest BCUT2D eigenvalue weighted by atomic mass is 10.1. The molecule has 104 valence electrons. The molecule has 2 aromatic carbocycles. The molecule has 1 N–H and O–H groups in total. The topological polar surface area (TPSA) is 41.8 Å². The van der Waals surface area contributed by atoms with Crippen LogP contribution in [-0.4, -0.2) is 10.9 Å². The number of ether oxygens (including phenoxy) is 1. The maximum atomic E-state index is 8.87. The number of benzene rings is 2. The molecule has 0 atom stereocenters. The molecular formula is C15H13Cl2NO2. The van der Waals surface area contributed by atoms with Gasteiger partial charge in [-0.05, 0) is 37.3 Å². The lowest BCUT2D eigenvalue weighted by Gasteiger charge is -2.11. The van der Waals surface area contributed by atoms with Gasteiger partial charge in [0.25, 0.3) is 0 Å². The van der Waals surface area contributed by atoms with Crippen LogP contribution in [0.3, 0.4) is 0 Å². The number of halogens is 2. The zero-order valence-corrected chi connectivity index (χ0v) is 12.3. The fourth-order valence-corrected chi connectivity index (χ4v) is 2.12. The molecule has 0 saturated heterocycles. The first-order chi connectivity index (χ1) is 9.61. The molecule has 0 amide bonds. The van der Waals surface area contributed by atoms with Crippen molar-refractivity contribution in [2.24, 2.45) is 5.16 Å². The Labute approximate surface area is 127 Å². The Balaban J connectivity index is 2.21. The number of para-hydroxylation sites is 1. The van der Waals surface area contributed by atoms with Gasteiger partial charge in [-0.1, -0.05) is 40.5 Å². The van der Waals surface area contributed by atoms with Gasteiger partial charge in [-0.25, -0.2) is 0 Å². The summed E-state index contributed by atoms with van der Waals surface area (Å²) in [7, 11) is 0. The highest BCUT2D eigenvalue weighted by Gasteiger charge is 2.08. The predicted octanol–water partition coefficient (Wildman–Crippen LogP) is 4.77. The van der Waals surface area contributed by atoms with E-state index < -0.39 is 0 Å². The summed E-state index contributed by atoms with van der Waals surface area (Å²) < 4.78 is 5.75. The minimum absolute atomic E-state index is 0.287. The Morgan fingerprint density at radius 3 is 2.70 bits per heavy atom. The van der Waals surface area contributed by atoms with Gasteiger partial charge >= 0.3 is 0 Å². The monoisotopic (exact) mass is 309 g/mol. The van der Waals surface area contributed by atoms with Crippen molar-refractivity contribution >= 4 is 28.9 Å². The Bertz CT molecular complexity index is 642. The van der Waals surface area contributed by atoms with E-state index in [1.165, 1.54) is 0 Å². The second-order valence-corrected chi connectivity index (χ2v) is 5.05. The molecule has 0 heterocycles. The standard InChI is InChI=1S/C15H13Cl2NO2/c1-10(18-19)13-4-2-3-5-15(13)20-9-11-8-12(16)6-7-14(11)17/h2-8,19H,9H2,1H3. The minimum Gasteiger partial charge on any atom is -0.488 e. The molecule has 0 fully saturated rings. The van der Waals surface area contributed by atoms with Crippen LogP contribution in [0.15, 0.2) is 47.6 Å². The Morgan fingerprint density at radius 1 is 1.20 bits per heavy atom. The molecule has 0 radical (unpaired) electrons. The largest absolute Gasteiger partial charge is 0.488 e. The third kappa shape index (κ3) is 3.44. The first-order valence-electron chi connectivity index (χ1n) is 5.96. The lowest BCUT2D eigenvalue weighted by Crippen LogP contribution is -2.02. The highest BCUT2D eigenvalue weighted by Crippen LogP contribution is 2.24. The summed E-state index contributed by atoms with van der Waals surface area (Å²) in [6.07, 6.45) is 0.